The van der Waals surface area contributed by atoms with E-state index in [-0.39, 0.29) is 5.56 Å². The molecule has 0 bridgehead atoms. The summed E-state index contributed by atoms with van der Waals surface area (Å²) in [5, 5.41) is 7.69. The minimum atomic E-state index is 0.0486. The van der Waals surface area contributed by atoms with E-state index < -0.39 is 0 Å². The van der Waals surface area contributed by atoms with Gasteiger partial charge >= 0.3 is 0 Å². The van der Waals surface area contributed by atoms with Crippen molar-refractivity contribution < 1.29 is 0 Å². The van der Waals surface area contributed by atoms with Crippen LogP contribution >= 0.6 is 0 Å². The van der Waals surface area contributed by atoms with Crippen molar-refractivity contribution in [2.24, 2.45) is 0 Å². The Kier molecular flexibility index (Phi) is 4.67. The van der Waals surface area contributed by atoms with Crippen molar-refractivity contribution in [1.82, 2.24) is 30.0 Å². The van der Waals surface area contributed by atoms with Crippen LogP contribution in [0.5, 0.6) is 0 Å². The average molecular weight is 342 g/mol. The van der Waals surface area contributed by atoms with Crippen molar-refractivity contribution in [3.8, 4) is 0 Å². The third kappa shape index (κ3) is 3.52. The summed E-state index contributed by atoms with van der Waals surface area (Å²) >= 11 is 0. The molecule has 7 heteroatoms. The third-order valence-corrected chi connectivity index (χ3v) is 5.31. The molecule has 0 unspecified atom stereocenters. The van der Waals surface area contributed by atoms with Crippen LogP contribution in [-0.2, 0) is 26.1 Å². The second-order valence-electron chi connectivity index (χ2n) is 7.07. The first-order valence-corrected chi connectivity index (χ1v) is 9.29. The Hall–Kier alpha value is -1.99. The molecule has 2 aromatic heterocycles. The van der Waals surface area contributed by atoms with Crippen LogP contribution in [0.3, 0.4) is 0 Å². The maximum absolute atomic E-state index is 12.6. The first-order chi connectivity index (χ1) is 12.2. The SMILES string of the molecule is CCn1cc(CN2CCc3nc(C4CCNCC4)[nH]c(=O)c3C2)cn1. The fourth-order valence-corrected chi connectivity index (χ4v) is 3.84. The molecule has 1 fully saturated rings. The fraction of sp³-hybridized carbons (Fsp3) is 0.611. The van der Waals surface area contributed by atoms with Crippen molar-refractivity contribution >= 4 is 0 Å². The zero-order valence-electron chi connectivity index (χ0n) is 14.8. The lowest BCUT2D eigenvalue weighted by molar-refractivity contribution is 0.241. The van der Waals surface area contributed by atoms with Crippen LogP contribution < -0.4 is 10.9 Å². The van der Waals surface area contributed by atoms with Gasteiger partial charge in [0, 0.05) is 50.3 Å². The number of hydrogen-bond donors (Lipinski definition) is 2. The number of hydrogen-bond acceptors (Lipinski definition) is 5. The quantitative estimate of drug-likeness (QED) is 0.867. The molecule has 0 saturated carbocycles. The first-order valence-electron chi connectivity index (χ1n) is 9.29. The minimum absolute atomic E-state index is 0.0486. The number of aromatic nitrogens is 4. The summed E-state index contributed by atoms with van der Waals surface area (Å²) in [4.78, 5) is 22.8. The number of aryl methyl sites for hydroxylation is 1. The Morgan fingerprint density at radius 2 is 2.16 bits per heavy atom. The lowest BCUT2D eigenvalue weighted by Gasteiger charge is -2.28. The van der Waals surface area contributed by atoms with Gasteiger partial charge in [0.15, 0.2) is 0 Å². The Morgan fingerprint density at radius 3 is 2.92 bits per heavy atom. The standard InChI is InChI=1S/C18H26N6O/c1-2-24-11-13(9-20-24)10-23-8-5-16-15(12-23)18(25)22-17(21-16)14-3-6-19-7-4-14/h9,11,14,19H,2-8,10,12H2,1H3,(H,21,22,25). The molecule has 134 valence electrons. The minimum Gasteiger partial charge on any atom is -0.317 e. The van der Waals surface area contributed by atoms with Crippen LogP contribution in [0.15, 0.2) is 17.2 Å². The van der Waals surface area contributed by atoms with E-state index in [2.05, 4.69) is 33.4 Å². The van der Waals surface area contributed by atoms with Gasteiger partial charge in [-0.3, -0.25) is 14.4 Å². The van der Waals surface area contributed by atoms with Crippen LogP contribution in [0.1, 0.15) is 48.3 Å². The van der Waals surface area contributed by atoms with E-state index in [1.165, 1.54) is 5.56 Å². The molecule has 0 radical (unpaired) electrons. The molecule has 7 nitrogen and oxygen atoms in total. The first kappa shape index (κ1) is 16.5. The molecule has 0 aliphatic carbocycles. The second-order valence-corrected chi connectivity index (χ2v) is 7.07. The lowest BCUT2D eigenvalue weighted by Crippen LogP contribution is -2.36. The largest absolute Gasteiger partial charge is 0.317 e. The van der Waals surface area contributed by atoms with Crippen LogP contribution in [0.2, 0.25) is 0 Å². The zero-order chi connectivity index (χ0) is 17.2. The molecule has 4 rings (SSSR count). The smallest absolute Gasteiger partial charge is 0.255 e. The van der Waals surface area contributed by atoms with E-state index in [9.17, 15) is 4.79 Å². The van der Waals surface area contributed by atoms with Crippen molar-refractivity contribution in [3.05, 3.63) is 45.4 Å². The molecule has 2 aliphatic rings. The van der Waals surface area contributed by atoms with Crippen molar-refractivity contribution in [2.45, 2.75) is 51.7 Å². The molecular formula is C18H26N6O. The molecule has 2 aromatic rings. The van der Waals surface area contributed by atoms with Gasteiger partial charge in [-0.1, -0.05) is 0 Å². The highest BCUT2D eigenvalue weighted by Crippen LogP contribution is 2.23. The number of aromatic amines is 1. The van der Waals surface area contributed by atoms with Crippen LogP contribution in [0.25, 0.3) is 0 Å². The van der Waals surface area contributed by atoms with Gasteiger partial charge in [0.25, 0.3) is 5.56 Å². The molecule has 25 heavy (non-hydrogen) atoms. The molecule has 0 spiro atoms. The monoisotopic (exact) mass is 342 g/mol. The van der Waals surface area contributed by atoms with Gasteiger partial charge in [0.2, 0.25) is 0 Å². The Bertz CT molecular complexity index is 789. The average Bonchev–Trinajstić information content (AvgIpc) is 3.10. The molecule has 4 heterocycles. The van der Waals surface area contributed by atoms with Crippen LogP contribution in [-0.4, -0.2) is 44.3 Å². The predicted octanol–water partition coefficient (Wildman–Crippen LogP) is 1.01. The highest BCUT2D eigenvalue weighted by molar-refractivity contribution is 5.22. The van der Waals surface area contributed by atoms with Gasteiger partial charge in [-0.05, 0) is 32.9 Å². The fourth-order valence-electron chi connectivity index (χ4n) is 3.84. The second kappa shape index (κ2) is 7.09. The number of nitrogens with one attached hydrogen (secondary N) is 2. The van der Waals surface area contributed by atoms with Gasteiger partial charge in [-0.2, -0.15) is 5.10 Å². The summed E-state index contributed by atoms with van der Waals surface area (Å²) in [7, 11) is 0. The highest BCUT2D eigenvalue weighted by atomic mass is 16.1. The predicted molar refractivity (Wildman–Crippen MR) is 95.4 cm³/mol. The molecule has 0 aromatic carbocycles. The summed E-state index contributed by atoms with van der Waals surface area (Å²) in [5.41, 5.74) is 3.08. The van der Waals surface area contributed by atoms with E-state index >= 15 is 0 Å². The Morgan fingerprint density at radius 1 is 1.32 bits per heavy atom. The topological polar surface area (TPSA) is 78.8 Å². The third-order valence-electron chi connectivity index (χ3n) is 5.31. The van der Waals surface area contributed by atoms with Gasteiger partial charge in [0.1, 0.15) is 5.82 Å². The summed E-state index contributed by atoms with van der Waals surface area (Å²) in [5.74, 6) is 1.28. The van der Waals surface area contributed by atoms with Crippen LogP contribution in [0, 0.1) is 0 Å². The highest BCUT2D eigenvalue weighted by Gasteiger charge is 2.24. The van der Waals surface area contributed by atoms with Gasteiger partial charge in [-0.15, -0.1) is 0 Å². The molecule has 0 atom stereocenters. The lowest BCUT2D eigenvalue weighted by atomic mass is 9.96. The van der Waals surface area contributed by atoms with Crippen molar-refractivity contribution in [3.63, 3.8) is 0 Å². The number of nitrogens with zero attached hydrogens (tertiary/aromatic N) is 4. The van der Waals surface area contributed by atoms with Crippen molar-refractivity contribution in [1.29, 1.82) is 0 Å². The van der Waals surface area contributed by atoms with Gasteiger partial charge in [0.05, 0.1) is 17.5 Å². The molecular weight excluding hydrogens is 316 g/mol. The van der Waals surface area contributed by atoms with Gasteiger partial charge < -0.3 is 10.3 Å². The molecule has 2 aliphatic heterocycles. The zero-order valence-corrected chi connectivity index (χ0v) is 14.8. The molecule has 2 N–H and O–H groups in total. The number of piperidine rings is 1. The molecule has 1 saturated heterocycles. The van der Waals surface area contributed by atoms with Crippen LogP contribution in [0.4, 0.5) is 0 Å². The van der Waals surface area contributed by atoms with E-state index in [1.54, 1.807) is 0 Å². The number of H-pyrrole nitrogens is 1. The summed E-state index contributed by atoms with van der Waals surface area (Å²) in [6.45, 7) is 7.41. The number of rotatable bonds is 4. The van der Waals surface area contributed by atoms with E-state index in [1.807, 2.05) is 10.9 Å². The Balaban J connectivity index is 1.50. The summed E-state index contributed by atoms with van der Waals surface area (Å²) in [6.07, 6.45) is 6.95. The molecule has 0 amide bonds. The van der Waals surface area contributed by atoms with Crippen molar-refractivity contribution in [2.75, 3.05) is 19.6 Å². The number of fused-ring (bicyclic) bond motifs is 1. The summed E-state index contributed by atoms with van der Waals surface area (Å²) in [6, 6.07) is 0. The summed E-state index contributed by atoms with van der Waals surface area (Å²) < 4.78 is 1.94. The Labute approximate surface area is 147 Å². The van der Waals surface area contributed by atoms with E-state index in [4.69, 9.17) is 4.98 Å². The normalized spacial score (nSPS) is 19.1. The maximum Gasteiger partial charge on any atom is 0.255 e. The van der Waals surface area contributed by atoms with E-state index in [0.29, 0.717) is 12.5 Å². The maximum atomic E-state index is 12.6. The van der Waals surface area contributed by atoms with Gasteiger partial charge in [-0.25, -0.2) is 4.98 Å². The van der Waals surface area contributed by atoms with E-state index in [0.717, 1.165) is 69.1 Å².